The third-order valence-corrected chi connectivity index (χ3v) is 3.73. The molecular formula is C14H26N2O3. The molecule has 110 valence electrons. The Labute approximate surface area is 115 Å². The van der Waals surface area contributed by atoms with Gasteiger partial charge in [-0.1, -0.05) is 13.8 Å². The van der Waals surface area contributed by atoms with Crippen molar-refractivity contribution in [1.82, 2.24) is 10.6 Å². The van der Waals surface area contributed by atoms with Crippen molar-refractivity contribution in [2.75, 3.05) is 13.1 Å². The third kappa shape index (κ3) is 7.15. The molecule has 0 radical (unpaired) electrons. The molecule has 5 heteroatoms. The smallest absolute Gasteiger partial charge is 0.303 e. The van der Waals surface area contributed by atoms with Gasteiger partial charge in [0.25, 0.3) is 0 Å². The normalized spacial score (nSPS) is 20.7. The number of carboxylic acid groups (broad SMARTS) is 1. The number of nitrogens with one attached hydrogen (secondary N) is 2. The molecule has 1 rings (SSSR count). The first-order chi connectivity index (χ1) is 8.89. The second-order valence-electron chi connectivity index (χ2n) is 6.16. The molecule has 1 amide bonds. The fourth-order valence-corrected chi connectivity index (χ4v) is 2.33. The van der Waals surface area contributed by atoms with Gasteiger partial charge in [-0.15, -0.1) is 0 Å². The van der Waals surface area contributed by atoms with Crippen LogP contribution in [0.5, 0.6) is 0 Å². The molecule has 1 fully saturated rings. The van der Waals surface area contributed by atoms with E-state index < -0.39 is 5.97 Å². The molecule has 1 saturated heterocycles. The summed E-state index contributed by atoms with van der Waals surface area (Å²) in [5.74, 6) is -0.610. The van der Waals surface area contributed by atoms with Crippen molar-refractivity contribution in [2.24, 2.45) is 5.41 Å². The van der Waals surface area contributed by atoms with Gasteiger partial charge in [0, 0.05) is 25.4 Å². The van der Waals surface area contributed by atoms with E-state index in [4.69, 9.17) is 5.11 Å². The van der Waals surface area contributed by atoms with Crippen molar-refractivity contribution < 1.29 is 14.7 Å². The number of carbonyl (C=O) groups excluding carboxylic acids is 1. The first-order valence-electron chi connectivity index (χ1n) is 7.11. The second kappa shape index (κ2) is 7.48. The Bertz CT molecular complexity index is 316. The molecule has 19 heavy (non-hydrogen) atoms. The lowest BCUT2D eigenvalue weighted by Crippen LogP contribution is -2.34. The molecule has 1 unspecified atom stereocenters. The Morgan fingerprint density at radius 1 is 1.47 bits per heavy atom. The van der Waals surface area contributed by atoms with E-state index in [1.54, 1.807) is 0 Å². The monoisotopic (exact) mass is 270 g/mol. The number of hydrogen-bond acceptors (Lipinski definition) is 3. The number of amides is 1. The quantitative estimate of drug-likeness (QED) is 0.655. The summed E-state index contributed by atoms with van der Waals surface area (Å²) >= 11 is 0. The summed E-state index contributed by atoms with van der Waals surface area (Å²) in [6, 6.07) is 0.262. The molecule has 5 nitrogen and oxygen atoms in total. The van der Waals surface area contributed by atoms with Gasteiger partial charge in [-0.3, -0.25) is 9.59 Å². The summed E-state index contributed by atoms with van der Waals surface area (Å²) < 4.78 is 0. The van der Waals surface area contributed by atoms with Crippen molar-refractivity contribution >= 4 is 11.9 Å². The largest absolute Gasteiger partial charge is 0.481 e. The zero-order valence-electron chi connectivity index (χ0n) is 12.0. The highest BCUT2D eigenvalue weighted by atomic mass is 16.4. The molecule has 0 bridgehead atoms. The minimum Gasteiger partial charge on any atom is -0.481 e. The molecule has 1 atom stereocenters. The Morgan fingerprint density at radius 2 is 2.21 bits per heavy atom. The number of aliphatic carboxylic acids is 1. The molecule has 0 aliphatic carbocycles. The number of carboxylic acids is 1. The van der Waals surface area contributed by atoms with Crippen LogP contribution < -0.4 is 10.6 Å². The van der Waals surface area contributed by atoms with E-state index in [9.17, 15) is 9.59 Å². The van der Waals surface area contributed by atoms with Crippen LogP contribution in [0.2, 0.25) is 0 Å². The van der Waals surface area contributed by atoms with Crippen molar-refractivity contribution in [3.8, 4) is 0 Å². The van der Waals surface area contributed by atoms with Gasteiger partial charge in [0.2, 0.25) is 5.91 Å². The number of rotatable bonds is 7. The van der Waals surface area contributed by atoms with E-state index in [1.807, 2.05) is 0 Å². The van der Waals surface area contributed by atoms with Crippen LogP contribution in [0.1, 0.15) is 52.4 Å². The third-order valence-electron chi connectivity index (χ3n) is 3.73. The zero-order chi connectivity index (χ0) is 14.3. The Balaban J connectivity index is 2.24. The van der Waals surface area contributed by atoms with Crippen LogP contribution in [0.25, 0.3) is 0 Å². The summed E-state index contributed by atoms with van der Waals surface area (Å²) in [5.41, 5.74) is 0.0262. The van der Waals surface area contributed by atoms with Crippen LogP contribution in [0.3, 0.4) is 0 Å². The minimum absolute atomic E-state index is 0.0262. The van der Waals surface area contributed by atoms with Crippen molar-refractivity contribution in [2.45, 2.75) is 58.4 Å². The van der Waals surface area contributed by atoms with Crippen LogP contribution in [0.4, 0.5) is 0 Å². The summed E-state index contributed by atoms with van der Waals surface area (Å²) in [5, 5.41) is 15.0. The van der Waals surface area contributed by atoms with Crippen molar-refractivity contribution in [3.05, 3.63) is 0 Å². The summed E-state index contributed by atoms with van der Waals surface area (Å²) in [7, 11) is 0. The Hall–Kier alpha value is -1.10. The van der Waals surface area contributed by atoms with Crippen LogP contribution in [-0.4, -0.2) is 36.1 Å². The van der Waals surface area contributed by atoms with E-state index in [0.717, 1.165) is 32.4 Å². The molecule has 3 N–H and O–H groups in total. The maximum Gasteiger partial charge on any atom is 0.303 e. The van der Waals surface area contributed by atoms with Gasteiger partial charge < -0.3 is 15.7 Å². The van der Waals surface area contributed by atoms with Crippen LogP contribution >= 0.6 is 0 Å². The predicted octanol–water partition coefficient (Wildman–Crippen LogP) is 1.53. The topological polar surface area (TPSA) is 78.4 Å². The maximum atomic E-state index is 11.4. The lowest BCUT2D eigenvalue weighted by Gasteiger charge is -2.25. The number of carbonyl (C=O) groups is 2. The highest BCUT2D eigenvalue weighted by Crippen LogP contribution is 2.26. The van der Waals surface area contributed by atoms with E-state index in [0.29, 0.717) is 12.8 Å². The second-order valence-corrected chi connectivity index (χ2v) is 6.16. The lowest BCUT2D eigenvalue weighted by atomic mass is 9.84. The predicted molar refractivity (Wildman–Crippen MR) is 73.9 cm³/mol. The highest BCUT2D eigenvalue weighted by molar-refractivity contribution is 5.76. The minimum atomic E-state index is -0.735. The SMILES string of the molecule is CC(C)(CCNC1CCCNC(=O)C1)CCC(=O)O. The van der Waals surface area contributed by atoms with Crippen LogP contribution in [0.15, 0.2) is 0 Å². The Morgan fingerprint density at radius 3 is 2.89 bits per heavy atom. The van der Waals surface area contributed by atoms with Crippen molar-refractivity contribution in [1.29, 1.82) is 0 Å². The van der Waals surface area contributed by atoms with Gasteiger partial charge >= 0.3 is 5.97 Å². The lowest BCUT2D eigenvalue weighted by molar-refractivity contribution is -0.137. The maximum absolute atomic E-state index is 11.4. The van der Waals surface area contributed by atoms with E-state index >= 15 is 0 Å². The van der Waals surface area contributed by atoms with Gasteiger partial charge in [-0.05, 0) is 37.6 Å². The van der Waals surface area contributed by atoms with E-state index in [1.165, 1.54) is 0 Å². The van der Waals surface area contributed by atoms with Crippen LogP contribution in [-0.2, 0) is 9.59 Å². The molecule has 0 saturated carbocycles. The number of hydrogen-bond donors (Lipinski definition) is 3. The van der Waals surface area contributed by atoms with Crippen molar-refractivity contribution in [3.63, 3.8) is 0 Å². The van der Waals surface area contributed by atoms with Gasteiger partial charge in [-0.25, -0.2) is 0 Å². The van der Waals surface area contributed by atoms with Gasteiger partial charge in [0.05, 0.1) is 0 Å². The van der Waals surface area contributed by atoms with E-state index in [-0.39, 0.29) is 23.8 Å². The van der Waals surface area contributed by atoms with Gasteiger partial charge in [-0.2, -0.15) is 0 Å². The first kappa shape index (κ1) is 16.0. The molecule has 1 aliphatic heterocycles. The fourth-order valence-electron chi connectivity index (χ4n) is 2.33. The summed E-state index contributed by atoms with van der Waals surface area (Å²) in [6.07, 6.45) is 4.43. The van der Waals surface area contributed by atoms with Gasteiger partial charge in [0.15, 0.2) is 0 Å². The first-order valence-corrected chi connectivity index (χ1v) is 7.11. The van der Waals surface area contributed by atoms with Crippen LogP contribution in [0, 0.1) is 5.41 Å². The molecule has 1 aliphatic rings. The highest BCUT2D eigenvalue weighted by Gasteiger charge is 2.21. The molecular weight excluding hydrogens is 244 g/mol. The van der Waals surface area contributed by atoms with E-state index in [2.05, 4.69) is 24.5 Å². The standard InChI is InChI=1S/C14H26N2O3/c1-14(2,6-5-13(18)19)7-9-15-11-4-3-8-16-12(17)10-11/h11,15H,3-10H2,1-2H3,(H,16,17)(H,18,19). The van der Waals surface area contributed by atoms with Gasteiger partial charge in [0.1, 0.15) is 0 Å². The molecule has 0 aromatic heterocycles. The molecule has 1 heterocycles. The summed E-state index contributed by atoms with van der Waals surface area (Å²) in [6.45, 7) is 5.81. The molecule has 0 aromatic rings. The fraction of sp³-hybridized carbons (Fsp3) is 0.857. The Kier molecular flexibility index (Phi) is 6.28. The summed E-state index contributed by atoms with van der Waals surface area (Å²) in [4.78, 5) is 22.0. The average molecular weight is 270 g/mol. The molecule has 0 aromatic carbocycles. The zero-order valence-corrected chi connectivity index (χ0v) is 12.0. The average Bonchev–Trinajstić information content (AvgIpc) is 2.51. The molecule has 0 spiro atoms.